The van der Waals surface area contributed by atoms with Crippen molar-refractivity contribution < 1.29 is 0 Å². The lowest BCUT2D eigenvalue weighted by Gasteiger charge is -2.33. The van der Waals surface area contributed by atoms with E-state index in [9.17, 15) is 0 Å². The molecular weight excluding hydrogens is 250 g/mol. The quantitative estimate of drug-likeness (QED) is 0.857. The van der Waals surface area contributed by atoms with Crippen molar-refractivity contribution in [3.63, 3.8) is 0 Å². The summed E-state index contributed by atoms with van der Waals surface area (Å²) >= 11 is 0. The van der Waals surface area contributed by atoms with E-state index in [0.717, 1.165) is 31.0 Å². The zero-order valence-electron chi connectivity index (χ0n) is 12.4. The van der Waals surface area contributed by atoms with Gasteiger partial charge in [-0.3, -0.25) is 4.90 Å². The molecule has 0 saturated carbocycles. The topological polar surface area (TPSA) is 46.8 Å². The second-order valence-electron chi connectivity index (χ2n) is 5.82. The van der Waals surface area contributed by atoms with Crippen LogP contribution in [0.3, 0.4) is 0 Å². The smallest absolute Gasteiger partial charge is 0.148 e. The van der Waals surface area contributed by atoms with Gasteiger partial charge in [-0.1, -0.05) is 0 Å². The third-order valence-electron chi connectivity index (χ3n) is 4.34. The molecule has 20 heavy (non-hydrogen) atoms. The van der Waals surface area contributed by atoms with Crippen molar-refractivity contribution in [3.8, 4) is 0 Å². The van der Waals surface area contributed by atoms with Crippen LogP contribution in [0.15, 0.2) is 24.8 Å². The summed E-state index contributed by atoms with van der Waals surface area (Å²) in [6, 6.07) is 1.95. The van der Waals surface area contributed by atoms with Crippen LogP contribution in [0, 0.1) is 6.92 Å². The second kappa shape index (κ2) is 4.98. The minimum Gasteiger partial charge on any atom is -0.337 e. The van der Waals surface area contributed by atoms with Gasteiger partial charge in [0.05, 0.1) is 17.6 Å². The summed E-state index contributed by atoms with van der Waals surface area (Å²) in [5.74, 6) is 0.942. The van der Waals surface area contributed by atoms with Gasteiger partial charge in [0.1, 0.15) is 5.82 Å². The highest BCUT2D eigenvalue weighted by atomic mass is 15.3. The highest BCUT2D eigenvalue weighted by molar-refractivity contribution is 5.12. The van der Waals surface area contributed by atoms with Crippen LogP contribution in [-0.4, -0.2) is 31.0 Å². The van der Waals surface area contributed by atoms with E-state index in [0.29, 0.717) is 0 Å². The van der Waals surface area contributed by atoms with Crippen molar-refractivity contribution >= 4 is 0 Å². The molecule has 1 saturated heterocycles. The first-order valence-corrected chi connectivity index (χ1v) is 7.10. The number of hydrogen-bond donors (Lipinski definition) is 0. The number of nitrogens with zero attached hydrogens (tertiary/aromatic N) is 5. The molecule has 0 amide bonds. The van der Waals surface area contributed by atoms with E-state index in [1.807, 2.05) is 38.8 Å². The van der Waals surface area contributed by atoms with E-state index in [2.05, 4.69) is 31.3 Å². The van der Waals surface area contributed by atoms with Crippen molar-refractivity contribution in [2.24, 2.45) is 7.05 Å². The second-order valence-corrected chi connectivity index (χ2v) is 5.82. The van der Waals surface area contributed by atoms with Gasteiger partial charge in [-0.2, -0.15) is 0 Å². The summed E-state index contributed by atoms with van der Waals surface area (Å²) in [5.41, 5.74) is 2.19. The molecule has 2 aromatic heterocycles. The number of likely N-dealkylation sites (tertiary alicyclic amines) is 1. The van der Waals surface area contributed by atoms with Crippen LogP contribution in [0.25, 0.3) is 0 Å². The van der Waals surface area contributed by atoms with E-state index < -0.39 is 0 Å². The van der Waals surface area contributed by atoms with Crippen molar-refractivity contribution in [1.82, 2.24) is 24.4 Å². The lowest BCUT2D eigenvalue weighted by Crippen LogP contribution is -2.40. The van der Waals surface area contributed by atoms with Gasteiger partial charge >= 0.3 is 0 Å². The summed E-state index contributed by atoms with van der Waals surface area (Å²) in [6.45, 7) is 6.25. The van der Waals surface area contributed by atoms with Crippen LogP contribution in [0.4, 0.5) is 0 Å². The average Bonchev–Trinajstić information content (AvgIpc) is 2.99. The SMILES string of the molecule is Cc1ccnc([C@]2(C)CCCN2Cc2cncn2C)n1. The number of hydrogen-bond acceptors (Lipinski definition) is 4. The molecule has 0 aliphatic carbocycles. The van der Waals surface area contributed by atoms with Crippen molar-refractivity contribution in [3.05, 3.63) is 42.0 Å². The molecule has 0 N–H and O–H groups in total. The Morgan fingerprint density at radius 2 is 2.25 bits per heavy atom. The van der Waals surface area contributed by atoms with Crippen LogP contribution >= 0.6 is 0 Å². The zero-order valence-corrected chi connectivity index (χ0v) is 12.4. The Morgan fingerprint density at radius 3 is 2.95 bits per heavy atom. The predicted octanol–water partition coefficient (Wildman–Crippen LogP) is 2.03. The summed E-state index contributed by atoms with van der Waals surface area (Å²) in [4.78, 5) is 15.8. The van der Waals surface area contributed by atoms with Gasteiger partial charge in [0.15, 0.2) is 0 Å². The lowest BCUT2D eigenvalue weighted by atomic mass is 9.97. The number of aryl methyl sites for hydroxylation is 2. The molecule has 0 unspecified atom stereocenters. The van der Waals surface area contributed by atoms with Gasteiger partial charge in [0, 0.05) is 31.7 Å². The van der Waals surface area contributed by atoms with Crippen molar-refractivity contribution in [1.29, 1.82) is 0 Å². The van der Waals surface area contributed by atoms with Crippen LogP contribution in [0.2, 0.25) is 0 Å². The Labute approximate surface area is 119 Å². The molecule has 106 valence electrons. The monoisotopic (exact) mass is 271 g/mol. The van der Waals surface area contributed by atoms with Gasteiger partial charge < -0.3 is 4.57 Å². The third-order valence-corrected chi connectivity index (χ3v) is 4.34. The molecule has 5 heteroatoms. The molecule has 1 atom stereocenters. The molecule has 0 aromatic carbocycles. The minimum atomic E-state index is -0.0731. The Bertz CT molecular complexity index is 606. The Balaban J connectivity index is 1.89. The molecule has 3 heterocycles. The molecule has 0 radical (unpaired) electrons. The van der Waals surface area contributed by atoms with Crippen molar-refractivity contribution in [2.75, 3.05) is 6.54 Å². The standard InChI is InChI=1S/C15H21N5/c1-12-5-7-17-14(18-12)15(2)6-4-8-20(15)10-13-9-16-11-19(13)3/h5,7,9,11H,4,6,8,10H2,1-3H3/t15-/m0/s1. The Morgan fingerprint density at radius 1 is 1.40 bits per heavy atom. The minimum absolute atomic E-state index is 0.0731. The first kappa shape index (κ1) is 13.2. The van der Waals surface area contributed by atoms with E-state index in [1.54, 1.807) is 0 Å². The van der Waals surface area contributed by atoms with Gasteiger partial charge in [0.2, 0.25) is 0 Å². The van der Waals surface area contributed by atoms with Crippen molar-refractivity contribution in [2.45, 2.75) is 38.8 Å². The maximum Gasteiger partial charge on any atom is 0.148 e. The number of rotatable bonds is 3. The van der Waals surface area contributed by atoms with Gasteiger partial charge in [-0.15, -0.1) is 0 Å². The first-order chi connectivity index (χ1) is 9.59. The van der Waals surface area contributed by atoms with Crippen LogP contribution in [-0.2, 0) is 19.1 Å². The molecule has 0 bridgehead atoms. The number of imidazole rings is 1. The first-order valence-electron chi connectivity index (χ1n) is 7.10. The zero-order chi connectivity index (χ0) is 14.2. The summed E-state index contributed by atoms with van der Waals surface area (Å²) in [5, 5.41) is 0. The molecule has 1 fully saturated rings. The molecule has 3 rings (SSSR count). The number of aromatic nitrogens is 4. The fraction of sp³-hybridized carbons (Fsp3) is 0.533. The van der Waals surface area contributed by atoms with E-state index >= 15 is 0 Å². The highest BCUT2D eigenvalue weighted by Crippen LogP contribution is 2.37. The van der Waals surface area contributed by atoms with E-state index in [1.165, 1.54) is 12.1 Å². The maximum atomic E-state index is 4.65. The predicted molar refractivity (Wildman–Crippen MR) is 77.0 cm³/mol. The highest BCUT2D eigenvalue weighted by Gasteiger charge is 2.40. The van der Waals surface area contributed by atoms with Crippen LogP contribution in [0.1, 0.15) is 37.0 Å². The Kier molecular flexibility index (Phi) is 3.30. The fourth-order valence-electron chi connectivity index (χ4n) is 2.97. The molecule has 1 aliphatic heterocycles. The lowest BCUT2D eigenvalue weighted by molar-refractivity contribution is 0.134. The van der Waals surface area contributed by atoms with Crippen LogP contribution in [0.5, 0.6) is 0 Å². The van der Waals surface area contributed by atoms with E-state index in [4.69, 9.17) is 0 Å². The molecule has 0 spiro atoms. The average molecular weight is 271 g/mol. The normalized spacial score (nSPS) is 23.4. The summed E-state index contributed by atoms with van der Waals surface area (Å²) < 4.78 is 2.08. The fourth-order valence-corrected chi connectivity index (χ4v) is 2.97. The molecule has 2 aromatic rings. The largest absolute Gasteiger partial charge is 0.337 e. The summed E-state index contributed by atoms with van der Waals surface area (Å²) in [7, 11) is 2.04. The third kappa shape index (κ3) is 2.22. The van der Waals surface area contributed by atoms with E-state index in [-0.39, 0.29) is 5.54 Å². The Hall–Kier alpha value is -1.75. The van der Waals surface area contributed by atoms with Gasteiger partial charge in [-0.25, -0.2) is 15.0 Å². The molecule has 1 aliphatic rings. The molecule has 5 nitrogen and oxygen atoms in total. The van der Waals surface area contributed by atoms with Gasteiger partial charge in [-0.05, 0) is 39.3 Å². The van der Waals surface area contributed by atoms with Gasteiger partial charge in [0.25, 0.3) is 0 Å². The summed E-state index contributed by atoms with van der Waals surface area (Å²) in [6.07, 6.45) is 7.95. The van der Waals surface area contributed by atoms with Crippen LogP contribution < -0.4 is 0 Å². The maximum absolute atomic E-state index is 4.65. The molecular formula is C15H21N5.